The summed E-state index contributed by atoms with van der Waals surface area (Å²) in [7, 11) is 0. The third-order valence-corrected chi connectivity index (χ3v) is 2.38. The standard InChI is InChI=1S/C9H15N3O/c1-7-2-3-9(11-10-7)12-5-4-8(13)6-12/h2-3,8,10-11,13H,4-6H2,1H3/t8-/m0/s1. The first-order valence-electron chi connectivity index (χ1n) is 4.59. The van der Waals surface area contributed by atoms with E-state index in [0.717, 1.165) is 31.0 Å². The molecule has 0 aromatic carbocycles. The van der Waals surface area contributed by atoms with E-state index in [0.29, 0.717) is 0 Å². The Bertz CT molecular complexity index is 260. The van der Waals surface area contributed by atoms with Gasteiger partial charge in [-0.1, -0.05) is 0 Å². The van der Waals surface area contributed by atoms with Crippen LogP contribution in [0.3, 0.4) is 0 Å². The minimum atomic E-state index is -0.172. The van der Waals surface area contributed by atoms with Gasteiger partial charge in [0.25, 0.3) is 0 Å². The van der Waals surface area contributed by atoms with Crippen molar-refractivity contribution in [3.63, 3.8) is 0 Å². The molecule has 0 saturated carbocycles. The number of β-amino-alcohol motifs (C(OH)–C–C–N with tert-alkyl or cyclic N) is 1. The van der Waals surface area contributed by atoms with E-state index in [4.69, 9.17) is 0 Å². The van der Waals surface area contributed by atoms with E-state index in [1.807, 2.05) is 19.1 Å². The normalized spacial score (nSPS) is 27.5. The van der Waals surface area contributed by atoms with Crippen LogP contribution in [0.15, 0.2) is 23.7 Å². The first kappa shape index (κ1) is 8.44. The number of allylic oxidation sites excluding steroid dienone is 3. The van der Waals surface area contributed by atoms with Crippen LogP contribution in [-0.4, -0.2) is 29.2 Å². The summed E-state index contributed by atoms with van der Waals surface area (Å²) in [5, 5.41) is 9.35. The molecule has 0 aromatic heterocycles. The third-order valence-electron chi connectivity index (χ3n) is 2.38. The Morgan fingerprint density at radius 2 is 2.31 bits per heavy atom. The van der Waals surface area contributed by atoms with E-state index >= 15 is 0 Å². The van der Waals surface area contributed by atoms with Crippen molar-refractivity contribution in [1.82, 2.24) is 15.8 Å². The molecule has 0 aromatic rings. The van der Waals surface area contributed by atoms with Gasteiger partial charge in [0, 0.05) is 18.8 Å². The zero-order valence-corrected chi connectivity index (χ0v) is 7.75. The van der Waals surface area contributed by atoms with E-state index < -0.39 is 0 Å². The highest BCUT2D eigenvalue weighted by molar-refractivity contribution is 5.19. The molecule has 0 bridgehead atoms. The Morgan fingerprint density at radius 1 is 1.46 bits per heavy atom. The van der Waals surface area contributed by atoms with Crippen LogP contribution in [0.25, 0.3) is 0 Å². The van der Waals surface area contributed by atoms with Crippen LogP contribution in [0, 0.1) is 0 Å². The fraction of sp³-hybridized carbons (Fsp3) is 0.556. The SMILES string of the molecule is CC1=CC=C(N2CC[C@H](O)C2)NN1. The van der Waals surface area contributed by atoms with Crippen LogP contribution in [0.5, 0.6) is 0 Å². The molecular formula is C9H15N3O. The lowest BCUT2D eigenvalue weighted by Crippen LogP contribution is -2.39. The van der Waals surface area contributed by atoms with Crippen LogP contribution in [0.2, 0.25) is 0 Å². The fourth-order valence-electron chi connectivity index (χ4n) is 1.59. The van der Waals surface area contributed by atoms with Crippen LogP contribution >= 0.6 is 0 Å². The van der Waals surface area contributed by atoms with Gasteiger partial charge in [-0.3, -0.25) is 5.43 Å². The van der Waals surface area contributed by atoms with Crippen molar-refractivity contribution in [2.75, 3.05) is 13.1 Å². The second-order valence-electron chi connectivity index (χ2n) is 3.54. The van der Waals surface area contributed by atoms with Crippen LogP contribution in [0.1, 0.15) is 13.3 Å². The van der Waals surface area contributed by atoms with Gasteiger partial charge in [-0.15, -0.1) is 0 Å². The monoisotopic (exact) mass is 181 g/mol. The maximum atomic E-state index is 9.35. The lowest BCUT2D eigenvalue weighted by molar-refractivity contribution is 0.181. The predicted octanol–water partition coefficient (Wildman–Crippen LogP) is -0.0940. The number of likely N-dealkylation sites (tertiary alicyclic amines) is 1. The van der Waals surface area contributed by atoms with Crippen LogP contribution in [0.4, 0.5) is 0 Å². The summed E-state index contributed by atoms with van der Waals surface area (Å²) in [5.74, 6) is 1.04. The predicted molar refractivity (Wildman–Crippen MR) is 50.3 cm³/mol. The smallest absolute Gasteiger partial charge is 0.120 e. The van der Waals surface area contributed by atoms with Gasteiger partial charge in [0.05, 0.1) is 6.10 Å². The molecule has 2 aliphatic rings. The van der Waals surface area contributed by atoms with Crippen molar-refractivity contribution in [3.05, 3.63) is 23.7 Å². The maximum Gasteiger partial charge on any atom is 0.120 e. The summed E-state index contributed by atoms with van der Waals surface area (Å²) in [6.07, 6.45) is 4.75. The van der Waals surface area contributed by atoms with Gasteiger partial charge in [0.15, 0.2) is 0 Å². The lowest BCUT2D eigenvalue weighted by atomic mass is 10.3. The van der Waals surface area contributed by atoms with E-state index in [1.54, 1.807) is 0 Å². The quantitative estimate of drug-likeness (QED) is 0.529. The highest BCUT2D eigenvalue weighted by atomic mass is 16.3. The van der Waals surface area contributed by atoms with Crippen LogP contribution in [-0.2, 0) is 0 Å². The minimum absolute atomic E-state index is 0.172. The first-order chi connectivity index (χ1) is 6.25. The molecule has 4 heteroatoms. The van der Waals surface area contributed by atoms with Gasteiger partial charge in [-0.2, -0.15) is 0 Å². The Morgan fingerprint density at radius 3 is 2.85 bits per heavy atom. The summed E-state index contributed by atoms with van der Waals surface area (Å²) >= 11 is 0. The highest BCUT2D eigenvalue weighted by Crippen LogP contribution is 2.14. The Labute approximate surface area is 77.9 Å². The summed E-state index contributed by atoms with van der Waals surface area (Å²) in [5.41, 5.74) is 7.23. The van der Waals surface area contributed by atoms with Crippen molar-refractivity contribution in [2.45, 2.75) is 19.4 Å². The molecule has 3 N–H and O–H groups in total. The van der Waals surface area contributed by atoms with Gasteiger partial charge in [0.1, 0.15) is 5.82 Å². The van der Waals surface area contributed by atoms with Crippen molar-refractivity contribution < 1.29 is 5.11 Å². The number of rotatable bonds is 1. The molecule has 13 heavy (non-hydrogen) atoms. The number of nitrogens with zero attached hydrogens (tertiary/aromatic N) is 1. The fourth-order valence-corrected chi connectivity index (χ4v) is 1.59. The Kier molecular flexibility index (Phi) is 2.14. The molecule has 72 valence electrons. The molecule has 1 fully saturated rings. The Hall–Kier alpha value is -1.16. The number of nitrogens with one attached hydrogen (secondary N) is 2. The molecule has 0 radical (unpaired) electrons. The summed E-state index contributed by atoms with van der Waals surface area (Å²) in [4.78, 5) is 2.14. The Balaban J connectivity index is 2.02. The van der Waals surface area contributed by atoms with Gasteiger partial charge in [0.2, 0.25) is 0 Å². The second-order valence-corrected chi connectivity index (χ2v) is 3.54. The maximum absolute atomic E-state index is 9.35. The van der Waals surface area contributed by atoms with E-state index in [-0.39, 0.29) is 6.10 Å². The molecule has 0 aliphatic carbocycles. The van der Waals surface area contributed by atoms with Gasteiger partial charge >= 0.3 is 0 Å². The molecular weight excluding hydrogens is 166 g/mol. The van der Waals surface area contributed by atoms with Gasteiger partial charge < -0.3 is 15.4 Å². The third kappa shape index (κ3) is 1.78. The average molecular weight is 181 g/mol. The van der Waals surface area contributed by atoms with Crippen LogP contribution < -0.4 is 10.9 Å². The molecule has 2 heterocycles. The minimum Gasteiger partial charge on any atom is -0.391 e. The van der Waals surface area contributed by atoms with Crippen molar-refractivity contribution in [3.8, 4) is 0 Å². The number of aliphatic hydroxyl groups is 1. The molecule has 0 unspecified atom stereocenters. The van der Waals surface area contributed by atoms with Gasteiger partial charge in [-0.25, -0.2) is 0 Å². The van der Waals surface area contributed by atoms with E-state index in [2.05, 4.69) is 15.8 Å². The summed E-state index contributed by atoms with van der Waals surface area (Å²) in [6, 6.07) is 0. The topological polar surface area (TPSA) is 47.5 Å². The van der Waals surface area contributed by atoms with Crippen molar-refractivity contribution in [1.29, 1.82) is 0 Å². The summed E-state index contributed by atoms with van der Waals surface area (Å²) < 4.78 is 0. The number of hydrogen-bond acceptors (Lipinski definition) is 4. The van der Waals surface area contributed by atoms with E-state index in [1.165, 1.54) is 0 Å². The lowest BCUT2D eigenvalue weighted by Gasteiger charge is -2.25. The van der Waals surface area contributed by atoms with Crippen molar-refractivity contribution >= 4 is 0 Å². The number of aliphatic hydroxyl groups excluding tert-OH is 1. The van der Waals surface area contributed by atoms with E-state index in [9.17, 15) is 5.11 Å². The number of hydrogen-bond donors (Lipinski definition) is 3. The van der Waals surface area contributed by atoms with Gasteiger partial charge in [-0.05, 0) is 25.5 Å². The molecule has 2 rings (SSSR count). The number of hydrazine groups is 1. The molecule has 2 aliphatic heterocycles. The molecule has 1 atom stereocenters. The second kappa shape index (κ2) is 3.30. The first-order valence-corrected chi connectivity index (χ1v) is 4.59. The highest BCUT2D eigenvalue weighted by Gasteiger charge is 2.22. The molecule has 0 amide bonds. The zero-order chi connectivity index (χ0) is 9.26. The largest absolute Gasteiger partial charge is 0.391 e. The summed E-state index contributed by atoms with van der Waals surface area (Å²) in [6.45, 7) is 3.65. The molecule has 0 spiro atoms. The average Bonchev–Trinajstić information content (AvgIpc) is 2.53. The molecule has 4 nitrogen and oxygen atoms in total. The molecule has 1 saturated heterocycles. The zero-order valence-electron chi connectivity index (χ0n) is 7.75. The van der Waals surface area contributed by atoms with Crippen molar-refractivity contribution in [2.24, 2.45) is 0 Å².